The van der Waals surface area contributed by atoms with Crippen molar-refractivity contribution in [2.45, 2.75) is 169 Å². The van der Waals surface area contributed by atoms with Gasteiger partial charge in [-0.1, -0.05) is 122 Å². The van der Waals surface area contributed by atoms with E-state index in [2.05, 4.69) is 133 Å². The Morgan fingerprint density at radius 1 is 0.608 bits per heavy atom. The van der Waals surface area contributed by atoms with Crippen LogP contribution >= 0.6 is 0 Å². The van der Waals surface area contributed by atoms with Gasteiger partial charge in [0.15, 0.2) is 12.2 Å². The number of benzene rings is 5. The molecular weight excluding hydrogens is 993 g/mol. The van der Waals surface area contributed by atoms with E-state index in [1.165, 1.54) is 16.7 Å². The minimum Gasteiger partial charge on any atom is -0.490 e. The van der Waals surface area contributed by atoms with Crippen LogP contribution in [0.25, 0.3) is 0 Å². The van der Waals surface area contributed by atoms with Crippen molar-refractivity contribution in [1.29, 1.82) is 0 Å². The van der Waals surface area contributed by atoms with Crippen molar-refractivity contribution in [3.63, 3.8) is 0 Å². The first kappa shape index (κ1) is 60.2. The number of hydrogen-bond acceptors (Lipinski definition) is 11. The molecule has 0 spiro atoms. The largest absolute Gasteiger partial charge is 0.490 e. The molecule has 11 nitrogen and oxygen atoms in total. The molecule has 2 aliphatic heterocycles. The highest BCUT2D eigenvalue weighted by molar-refractivity contribution is 5.81. The molecule has 0 aromatic heterocycles. The molecule has 0 saturated carbocycles. The van der Waals surface area contributed by atoms with Crippen LogP contribution in [0.15, 0.2) is 104 Å². The first-order valence-electron chi connectivity index (χ1n) is 28.4. The van der Waals surface area contributed by atoms with Crippen molar-refractivity contribution >= 4 is 11.9 Å². The Morgan fingerprint density at radius 3 is 1.61 bits per heavy atom. The fourth-order valence-corrected chi connectivity index (χ4v) is 11.4. The van der Waals surface area contributed by atoms with Crippen LogP contribution in [0.5, 0.6) is 28.7 Å². The lowest BCUT2D eigenvalue weighted by Crippen LogP contribution is -2.36. The van der Waals surface area contributed by atoms with E-state index in [0.29, 0.717) is 23.9 Å². The summed E-state index contributed by atoms with van der Waals surface area (Å²) < 4.78 is 56.9. The summed E-state index contributed by atoms with van der Waals surface area (Å²) in [5.41, 5.74) is 11.9. The zero-order valence-corrected chi connectivity index (χ0v) is 49.4. The SMILES string of the molecule is C=CC(=O)OC(COc1ccc(C(C)(C)c2ccc(OCC(COC(C)(CC)CCC)OC(=O)C=C)cc2)cc1)COc1c(C)c(C)c2c(c1C)C(c1ccccc1)c1c(C)c(C(CC)(CCC)OCC3CO3)c(C)c(C)c1O2. The van der Waals surface area contributed by atoms with Gasteiger partial charge in [-0.15, -0.1) is 0 Å². The summed E-state index contributed by atoms with van der Waals surface area (Å²) in [7, 11) is 0. The summed E-state index contributed by atoms with van der Waals surface area (Å²) >= 11 is 0. The number of carbonyl (C=O) groups is 2. The van der Waals surface area contributed by atoms with Crippen molar-refractivity contribution in [2.24, 2.45) is 0 Å². The third kappa shape index (κ3) is 13.6. The smallest absolute Gasteiger partial charge is 0.330 e. The Hall–Kier alpha value is -6.40. The summed E-state index contributed by atoms with van der Waals surface area (Å²) in [6.45, 7) is 37.0. The van der Waals surface area contributed by atoms with Crippen molar-refractivity contribution in [2.75, 3.05) is 39.6 Å². The molecule has 6 atom stereocenters. The second-order valence-electron chi connectivity index (χ2n) is 22.2. The molecule has 424 valence electrons. The Morgan fingerprint density at radius 2 is 1.11 bits per heavy atom. The molecule has 0 aliphatic carbocycles. The van der Waals surface area contributed by atoms with Crippen LogP contribution in [0.2, 0.25) is 0 Å². The second kappa shape index (κ2) is 26.2. The molecule has 2 aliphatic rings. The van der Waals surface area contributed by atoms with E-state index < -0.39 is 29.7 Å². The predicted octanol–water partition coefficient (Wildman–Crippen LogP) is 15.0. The maximum absolute atomic E-state index is 12.9. The molecule has 1 fully saturated rings. The predicted molar refractivity (Wildman–Crippen MR) is 313 cm³/mol. The first-order valence-corrected chi connectivity index (χ1v) is 28.4. The molecule has 5 aromatic carbocycles. The number of esters is 2. The lowest BCUT2D eigenvalue weighted by atomic mass is 9.71. The van der Waals surface area contributed by atoms with Crippen LogP contribution in [0, 0.1) is 41.5 Å². The maximum atomic E-state index is 12.9. The topological polar surface area (TPSA) is 121 Å². The average Bonchev–Trinajstić information content (AvgIpc) is 4.36. The summed E-state index contributed by atoms with van der Waals surface area (Å²) in [4.78, 5) is 25.0. The molecule has 2 heterocycles. The van der Waals surface area contributed by atoms with E-state index in [1.807, 2.05) is 48.5 Å². The Labute approximate surface area is 470 Å². The standard InChI is InChI=1S/C68H86O11/c1-16-35-67(15,20-5)75-42-56(78-58(70)19-4)39-72-53-33-29-51(30-34-53)66(13,14)50-27-31-52(32-28-50)71-38-55(77-57(69)18-3)40-74-63-45(9)46(10)65-60(48(63)12)61(49-25-23-22-24-26-49)59-47(11)62(43(7)44(8)64(59)79-65)68(21-6,36-17-2)76-41-54-37-73-54/h18-19,22-34,54-56,61H,3-4,16-17,20-21,35-42H2,1-2,5-15H3. The quantitative estimate of drug-likeness (QED) is 0.0254. The van der Waals surface area contributed by atoms with Gasteiger partial charge in [0.05, 0.1) is 31.0 Å². The third-order valence-electron chi connectivity index (χ3n) is 16.6. The second-order valence-corrected chi connectivity index (χ2v) is 22.2. The number of fused-ring (bicyclic) bond motifs is 2. The van der Waals surface area contributed by atoms with Crippen molar-refractivity contribution in [3.8, 4) is 28.7 Å². The number of ether oxygens (including phenoxy) is 9. The highest BCUT2D eigenvalue weighted by Gasteiger charge is 2.43. The van der Waals surface area contributed by atoms with Gasteiger partial charge >= 0.3 is 11.9 Å². The van der Waals surface area contributed by atoms with Gasteiger partial charge in [0.25, 0.3) is 0 Å². The number of carbonyl (C=O) groups excluding carboxylic acids is 2. The van der Waals surface area contributed by atoms with Crippen molar-refractivity contribution in [1.82, 2.24) is 0 Å². The van der Waals surface area contributed by atoms with Gasteiger partial charge in [-0.2, -0.15) is 0 Å². The molecule has 0 radical (unpaired) electrons. The van der Waals surface area contributed by atoms with E-state index in [1.54, 1.807) is 0 Å². The number of epoxide rings is 1. The van der Waals surface area contributed by atoms with Gasteiger partial charge in [-0.05, 0) is 154 Å². The van der Waals surface area contributed by atoms with Gasteiger partial charge in [-0.3, -0.25) is 0 Å². The van der Waals surface area contributed by atoms with Crippen molar-refractivity contribution < 1.29 is 52.2 Å². The normalized spacial score (nSPS) is 16.9. The van der Waals surface area contributed by atoms with Crippen LogP contribution in [0.1, 0.15) is 160 Å². The summed E-state index contributed by atoms with van der Waals surface area (Å²) in [5.74, 6) is 2.44. The van der Waals surface area contributed by atoms with Crippen LogP contribution in [0.3, 0.4) is 0 Å². The zero-order chi connectivity index (χ0) is 57.2. The average molecular weight is 1080 g/mol. The van der Waals surface area contributed by atoms with Crippen LogP contribution in [-0.4, -0.2) is 75.5 Å². The van der Waals surface area contributed by atoms with E-state index >= 15 is 0 Å². The molecule has 1 saturated heterocycles. The molecule has 11 heteroatoms. The molecule has 0 N–H and O–H groups in total. The van der Waals surface area contributed by atoms with E-state index in [9.17, 15) is 9.59 Å². The van der Waals surface area contributed by atoms with Gasteiger partial charge in [0, 0.05) is 34.6 Å². The van der Waals surface area contributed by atoms with Crippen LogP contribution in [0.4, 0.5) is 0 Å². The third-order valence-corrected chi connectivity index (χ3v) is 16.6. The fraction of sp³-hybridized carbons (Fsp3) is 0.471. The lowest BCUT2D eigenvalue weighted by Gasteiger charge is -2.41. The molecule has 6 unspecified atom stereocenters. The highest BCUT2D eigenvalue weighted by Crippen LogP contribution is 2.57. The molecule has 5 aromatic rings. The van der Waals surface area contributed by atoms with Crippen molar-refractivity contribution in [3.05, 3.63) is 171 Å². The molecular formula is C68H86O11. The summed E-state index contributed by atoms with van der Waals surface area (Å²) in [6.07, 6.45) is 6.49. The minimum absolute atomic E-state index is 0.0307. The zero-order valence-electron chi connectivity index (χ0n) is 49.4. The molecule has 79 heavy (non-hydrogen) atoms. The monoisotopic (exact) mass is 1080 g/mol. The van der Waals surface area contributed by atoms with Gasteiger partial charge < -0.3 is 42.6 Å². The van der Waals surface area contributed by atoms with E-state index in [4.69, 9.17) is 42.6 Å². The fourth-order valence-electron chi connectivity index (χ4n) is 11.4. The minimum atomic E-state index is -0.772. The Bertz CT molecular complexity index is 2920. The lowest BCUT2D eigenvalue weighted by molar-refractivity contribution is -0.153. The Balaban J connectivity index is 1.09. The summed E-state index contributed by atoms with van der Waals surface area (Å²) in [5, 5.41) is 0. The number of rotatable bonds is 29. The van der Waals surface area contributed by atoms with Gasteiger partial charge in [0.1, 0.15) is 54.7 Å². The molecule has 7 rings (SSSR count). The van der Waals surface area contributed by atoms with E-state index in [-0.39, 0.29) is 49.5 Å². The van der Waals surface area contributed by atoms with E-state index in [0.717, 1.165) is 119 Å². The summed E-state index contributed by atoms with van der Waals surface area (Å²) in [6, 6.07) is 26.6. The maximum Gasteiger partial charge on any atom is 0.330 e. The number of hydrogen-bond donors (Lipinski definition) is 0. The molecule has 0 amide bonds. The van der Waals surface area contributed by atoms with Gasteiger partial charge in [-0.25, -0.2) is 9.59 Å². The van der Waals surface area contributed by atoms with Crippen LogP contribution < -0.4 is 18.9 Å². The van der Waals surface area contributed by atoms with Gasteiger partial charge in [0.2, 0.25) is 0 Å². The van der Waals surface area contributed by atoms with Crippen LogP contribution in [-0.2, 0) is 44.3 Å². The first-order chi connectivity index (χ1) is 37.8. The Kier molecular flexibility index (Phi) is 20.0. The molecule has 0 bridgehead atoms. The highest BCUT2D eigenvalue weighted by atomic mass is 16.6.